The largest absolute Gasteiger partial charge is 0.366 e. The van der Waals surface area contributed by atoms with Crippen LogP contribution in [0.3, 0.4) is 0 Å². The number of nitrogens with two attached hydrogens (primary N) is 1. The molecule has 0 spiro atoms. The molecule has 26 heavy (non-hydrogen) atoms. The Morgan fingerprint density at radius 2 is 1.85 bits per heavy atom. The second-order valence-corrected chi connectivity index (χ2v) is 6.53. The molecule has 0 radical (unpaired) electrons. The van der Waals surface area contributed by atoms with Gasteiger partial charge < -0.3 is 5.73 Å². The number of hydrogen-bond donors (Lipinski definition) is 1. The number of hydrogen-bond acceptors (Lipinski definition) is 3. The van der Waals surface area contributed by atoms with Gasteiger partial charge in [-0.05, 0) is 56.2 Å². The third-order valence-electron chi connectivity index (χ3n) is 4.90. The zero-order chi connectivity index (χ0) is 18.8. The molecule has 1 unspecified atom stereocenters. The Morgan fingerprint density at radius 1 is 1.15 bits per heavy atom. The average molecular weight is 348 g/mol. The molecule has 5 nitrogen and oxygen atoms in total. The van der Waals surface area contributed by atoms with Gasteiger partial charge in [0, 0.05) is 41.2 Å². The maximum absolute atomic E-state index is 11.2. The predicted octanol–water partition coefficient (Wildman–Crippen LogP) is 3.83. The van der Waals surface area contributed by atoms with Gasteiger partial charge in [-0.3, -0.25) is 14.5 Å². The van der Waals surface area contributed by atoms with E-state index in [1.54, 1.807) is 12.1 Å². The van der Waals surface area contributed by atoms with Crippen molar-refractivity contribution in [3.8, 4) is 11.1 Å². The monoisotopic (exact) mass is 348 g/mol. The number of pyridine rings is 1. The zero-order valence-corrected chi connectivity index (χ0v) is 15.7. The van der Waals surface area contributed by atoms with E-state index in [1.165, 1.54) is 11.3 Å². The number of carbonyl (C=O) groups is 1. The first-order valence-corrected chi connectivity index (χ1v) is 8.82. The maximum atomic E-state index is 11.2. The van der Waals surface area contributed by atoms with Gasteiger partial charge in [0.15, 0.2) is 0 Å². The molecule has 2 N–H and O–H groups in total. The second kappa shape index (κ2) is 7.12. The van der Waals surface area contributed by atoms with Crippen molar-refractivity contribution in [1.29, 1.82) is 0 Å². The van der Waals surface area contributed by atoms with Gasteiger partial charge in [-0.1, -0.05) is 19.1 Å². The van der Waals surface area contributed by atoms with Crippen molar-refractivity contribution in [2.24, 2.45) is 5.73 Å². The van der Waals surface area contributed by atoms with Crippen molar-refractivity contribution in [2.75, 3.05) is 0 Å². The average Bonchev–Trinajstić information content (AvgIpc) is 2.94. The first kappa shape index (κ1) is 17.9. The molecular weight excluding hydrogens is 324 g/mol. The highest BCUT2D eigenvalue weighted by Gasteiger charge is 2.20. The van der Waals surface area contributed by atoms with Crippen LogP contribution >= 0.6 is 0 Å². The van der Waals surface area contributed by atoms with Gasteiger partial charge in [0.05, 0.1) is 5.69 Å². The summed E-state index contributed by atoms with van der Waals surface area (Å²) in [5.41, 5.74) is 12.4. The number of rotatable bonds is 5. The van der Waals surface area contributed by atoms with Crippen LogP contribution in [0.4, 0.5) is 0 Å². The van der Waals surface area contributed by atoms with Crippen molar-refractivity contribution >= 4 is 5.91 Å². The number of nitrogens with zero attached hydrogens (tertiary/aromatic N) is 3. The van der Waals surface area contributed by atoms with Gasteiger partial charge in [0.25, 0.3) is 0 Å². The SMILES string of the molecule is CCn1nc(C)c(C(C)c2cc(-c3ccc(C(N)=O)cc3)ccn2)c1C. The minimum Gasteiger partial charge on any atom is -0.366 e. The first-order chi connectivity index (χ1) is 12.4. The van der Waals surface area contributed by atoms with Crippen LogP contribution in [0.15, 0.2) is 42.6 Å². The van der Waals surface area contributed by atoms with E-state index in [0.29, 0.717) is 5.56 Å². The molecule has 0 fully saturated rings. The summed E-state index contributed by atoms with van der Waals surface area (Å²) in [4.78, 5) is 15.8. The van der Waals surface area contributed by atoms with Crippen molar-refractivity contribution in [2.45, 2.75) is 40.2 Å². The molecule has 0 saturated heterocycles. The summed E-state index contributed by atoms with van der Waals surface area (Å²) in [5.74, 6) is -0.264. The summed E-state index contributed by atoms with van der Waals surface area (Å²) in [7, 11) is 0. The van der Waals surface area contributed by atoms with Gasteiger partial charge in [-0.15, -0.1) is 0 Å². The van der Waals surface area contributed by atoms with E-state index in [1.807, 2.05) is 29.1 Å². The molecule has 134 valence electrons. The minimum absolute atomic E-state index is 0.153. The van der Waals surface area contributed by atoms with E-state index in [9.17, 15) is 4.79 Å². The molecule has 1 aromatic carbocycles. The van der Waals surface area contributed by atoms with Gasteiger partial charge in [-0.2, -0.15) is 5.10 Å². The lowest BCUT2D eigenvalue weighted by Crippen LogP contribution is -2.10. The van der Waals surface area contributed by atoms with Crippen molar-refractivity contribution in [1.82, 2.24) is 14.8 Å². The van der Waals surface area contributed by atoms with Crippen LogP contribution in [0.2, 0.25) is 0 Å². The van der Waals surface area contributed by atoms with Crippen LogP contribution in [-0.4, -0.2) is 20.7 Å². The molecule has 0 saturated carbocycles. The van der Waals surface area contributed by atoms with E-state index < -0.39 is 5.91 Å². The van der Waals surface area contributed by atoms with E-state index in [2.05, 4.69) is 43.8 Å². The van der Waals surface area contributed by atoms with E-state index >= 15 is 0 Å². The standard InChI is InChI=1S/C21H24N4O/c1-5-25-15(4)20(14(3)24-25)13(2)19-12-18(10-11-23-19)16-6-8-17(9-7-16)21(22)26/h6-13H,5H2,1-4H3,(H2,22,26). The fraction of sp³-hybridized carbons (Fsp3) is 0.286. The topological polar surface area (TPSA) is 73.8 Å². The number of primary amides is 1. The molecule has 0 aliphatic rings. The fourth-order valence-electron chi connectivity index (χ4n) is 3.48. The number of carbonyl (C=O) groups excluding carboxylic acids is 1. The van der Waals surface area contributed by atoms with Crippen molar-refractivity contribution in [3.05, 3.63) is 70.8 Å². The predicted molar refractivity (Wildman–Crippen MR) is 103 cm³/mol. The third-order valence-corrected chi connectivity index (χ3v) is 4.90. The van der Waals surface area contributed by atoms with Crippen LogP contribution in [0.5, 0.6) is 0 Å². The molecule has 0 aliphatic heterocycles. The Morgan fingerprint density at radius 3 is 2.42 bits per heavy atom. The lowest BCUT2D eigenvalue weighted by molar-refractivity contribution is 0.100. The van der Waals surface area contributed by atoms with Crippen LogP contribution in [0.1, 0.15) is 52.8 Å². The summed E-state index contributed by atoms with van der Waals surface area (Å²) >= 11 is 0. The molecule has 1 atom stereocenters. The summed E-state index contributed by atoms with van der Waals surface area (Å²) in [5, 5.41) is 4.63. The Kier molecular flexibility index (Phi) is 4.89. The smallest absolute Gasteiger partial charge is 0.248 e. The molecule has 0 aliphatic carbocycles. The van der Waals surface area contributed by atoms with E-state index in [0.717, 1.165) is 29.1 Å². The highest BCUT2D eigenvalue weighted by atomic mass is 16.1. The molecule has 2 aromatic heterocycles. The highest BCUT2D eigenvalue weighted by Crippen LogP contribution is 2.30. The molecule has 5 heteroatoms. The number of aromatic nitrogens is 3. The van der Waals surface area contributed by atoms with E-state index in [-0.39, 0.29) is 5.92 Å². The molecular formula is C21H24N4O. The fourth-order valence-corrected chi connectivity index (χ4v) is 3.48. The quantitative estimate of drug-likeness (QED) is 0.761. The van der Waals surface area contributed by atoms with Crippen LogP contribution in [-0.2, 0) is 6.54 Å². The van der Waals surface area contributed by atoms with Crippen molar-refractivity contribution < 1.29 is 4.79 Å². The Balaban J connectivity index is 1.96. The third kappa shape index (κ3) is 3.25. The first-order valence-electron chi connectivity index (χ1n) is 8.82. The van der Waals surface area contributed by atoms with Crippen LogP contribution in [0.25, 0.3) is 11.1 Å². The van der Waals surface area contributed by atoms with Crippen molar-refractivity contribution in [3.63, 3.8) is 0 Å². The second-order valence-electron chi connectivity index (χ2n) is 6.53. The number of amides is 1. The van der Waals surface area contributed by atoms with Gasteiger partial charge in [0.2, 0.25) is 5.91 Å². The molecule has 3 rings (SSSR count). The molecule has 0 bridgehead atoms. The summed E-state index contributed by atoms with van der Waals surface area (Å²) in [6, 6.07) is 11.4. The van der Waals surface area contributed by atoms with Gasteiger partial charge in [-0.25, -0.2) is 0 Å². The number of aryl methyl sites for hydroxylation is 2. The lowest BCUT2D eigenvalue weighted by Gasteiger charge is -2.14. The summed E-state index contributed by atoms with van der Waals surface area (Å²) in [6.07, 6.45) is 1.83. The van der Waals surface area contributed by atoms with E-state index in [4.69, 9.17) is 5.73 Å². The molecule has 2 heterocycles. The highest BCUT2D eigenvalue weighted by molar-refractivity contribution is 5.93. The lowest BCUT2D eigenvalue weighted by atomic mass is 9.93. The minimum atomic E-state index is -0.417. The molecule has 1 amide bonds. The molecule has 3 aromatic rings. The van der Waals surface area contributed by atoms with Gasteiger partial charge in [0.1, 0.15) is 0 Å². The normalized spacial score (nSPS) is 12.2. The Bertz CT molecular complexity index is 941. The summed E-state index contributed by atoms with van der Waals surface area (Å²) in [6.45, 7) is 9.29. The maximum Gasteiger partial charge on any atom is 0.248 e. The van der Waals surface area contributed by atoms with Gasteiger partial charge >= 0.3 is 0 Å². The van der Waals surface area contributed by atoms with Crippen LogP contribution < -0.4 is 5.73 Å². The number of benzene rings is 1. The Labute approximate surface area is 153 Å². The zero-order valence-electron chi connectivity index (χ0n) is 15.7. The Hall–Kier alpha value is -2.95. The van der Waals surface area contributed by atoms with Crippen LogP contribution in [0, 0.1) is 13.8 Å². The summed E-state index contributed by atoms with van der Waals surface area (Å²) < 4.78 is 2.04.